The van der Waals surface area contributed by atoms with Gasteiger partial charge >= 0.3 is 0 Å². The second kappa shape index (κ2) is 12.9. The Balaban J connectivity index is 1.70. The van der Waals surface area contributed by atoms with Crippen molar-refractivity contribution in [2.75, 3.05) is 6.61 Å². The summed E-state index contributed by atoms with van der Waals surface area (Å²) in [6, 6.07) is 12.7. The number of imidazole rings is 1. The zero-order valence-electron chi connectivity index (χ0n) is 21.4. The van der Waals surface area contributed by atoms with Crippen LogP contribution in [-0.2, 0) is 13.0 Å². The number of aromatic nitrogens is 2. The van der Waals surface area contributed by atoms with Gasteiger partial charge in [0.05, 0.1) is 16.8 Å². The lowest BCUT2D eigenvalue weighted by Gasteiger charge is -2.19. The van der Waals surface area contributed by atoms with Crippen molar-refractivity contribution in [2.45, 2.75) is 71.8 Å². The van der Waals surface area contributed by atoms with E-state index in [0.29, 0.717) is 41.4 Å². The Labute approximate surface area is 218 Å². The molecule has 1 heterocycles. The monoisotopic (exact) mass is 513 g/mol. The van der Waals surface area contributed by atoms with Crippen LogP contribution in [0.1, 0.15) is 68.4 Å². The molecule has 2 unspecified atom stereocenters. The first-order valence-corrected chi connectivity index (χ1v) is 12.9. The number of amides is 1. The number of aryl methyl sites for hydroxylation is 1. The van der Waals surface area contributed by atoms with Crippen LogP contribution in [0.4, 0.5) is 0 Å². The maximum absolute atomic E-state index is 12.9. The van der Waals surface area contributed by atoms with Crippen molar-refractivity contribution in [3.05, 3.63) is 70.6 Å². The van der Waals surface area contributed by atoms with Crippen molar-refractivity contribution in [2.24, 2.45) is 0 Å². The molecule has 194 valence electrons. The summed E-state index contributed by atoms with van der Waals surface area (Å²) in [7, 11) is 0. The lowest BCUT2D eigenvalue weighted by molar-refractivity contribution is 0.0930. The van der Waals surface area contributed by atoms with E-state index in [-0.39, 0.29) is 24.7 Å². The van der Waals surface area contributed by atoms with Crippen molar-refractivity contribution < 1.29 is 19.7 Å². The predicted molar refractivity (Wildman–Crippen MR) is 142 cm³/mol. The standard InChI is InChI=1S/C28H36ClN3O4/c1-5-25(34)27-31-24(17-32(27)6-2)20-9-7-19(8-10-20)15-22(13-14-33)30-28(35)21-11-12-26(23(29)16-21)36-18(3)4/h7-12,16-18,22,25,33-34H,5-6,13-15H2,1-4H3,(H,30,35). The molecule has 3 rings (SSSR count). The maximum atomic E-state index is 12.9. The molecule has 0 fully saturated rings. The number of benzene rings is 2. The van der Waals surface area contributed by atoms with E-state index in [1.54, 1.807) is 18.2 Å². The number of halogens is 1. The van der Waals surface area contributed by atoms with Crippen molar-refractivity contribution in [3.63, 3.8) is 0 Å². The minimum Gasteiger partial charge on any atom is -0.489 e. The highest BCUT2D eigenvalue weighted by atomic mass is 35.5. The number of nitrogens with one attached hydrogen (secondary N) is 1. The van der Waals surface area contributed by atoms with E-state index in [1.165, 1.54) is 0 Å². The van der Waals surface area contributed by atoms with E-state index in [1.807, 2.05) is 62.7 Å². The predicted octanol–water partition coefficient (Wildman–Crippen LogP) is 5.18. The Morgan fingerprint density at radius 3 is 2.47 bits per heavy atom. The van der Waals surface area contributed by atoms with Gasteiger partial charge in [-0.25, -0.2) is 4.98 Å². The third-order valence-corrected chi connectivity index (χ3v) is 6.23. The van der Waals surface area contributed by atoms with Crippen molar-refractivity contribution in [1.29, 1.82) is 0 Å². The summed E-state index contributed by atoms with van der Waals surface area (Å²) >= 11 is 6.29. The van der Waals surface area contributed by atoms with Crippen LogP contribution < -0.4 is 10.1 Å². The number of ether oxygens (including phenoxy) is 1. The first kappa shape index (κ1) is 27.7. The molecule has 0 aliphatic carbocycles. The lowest BCUT2D eigenvalue weighted by Crippen LogP contribution is -2.37. The second-order valence-electron chi connectivity index (χ2n) is 9.09. The Kier molecular flexibility index (Phi) is 9.93. The van der Waals surface area contributed by atoms with Gasteiger partial charge in [0.1, 0.15) is 17.7 Å². The molecule has 3 N–H and O–H groups in total. The van der Waals surface area contributed by atoms with Crippen molar-refractivity contribution >= 4 is 17.5 Å². The second-order valence-corrected chi connectivity index (χ2v) is 9.50. The fourth-order valence-corrected chi connectivity index (χ4v) is 4.23. The number of nitrogens with zero attached hydrogens (tertiary/aromatic N) is 2. The van der Waals surface area contributed by atoms with Crippen LogP contribution in [0.25, 0.3) is 11.3 Å². The van der Waals surface area contributed by atoms with E-state index >= 15 is 0 Å². The minimum absolute atomic E-state index is 0.0187. The Bertz CT molecular complexity index is 1140. The summed E-state index contributed by atoms with van der Waals surface area (Å²) in [5.74, 6) is 0.958. The number of hydrogen-bond acceptors (Lipinski definition) is 5. The van der Waals surface area contributed by atoms with Gasteiger partial charge in [-0.05, 0) is 63.8 Å². The number of rotatable bonds is 12. The Hall–Kier alpha value is -2.87. The van der Waals surface area contributed by atoms with E-state index < -0.39 is 6.10 Å². The van der Waals surface area contributed by atoms with Gasteiger partial charge in [-0.15, -0.1) is 0 Å². The molecule has 0 radical (unpaired) electrons. The molecule has 0 aliphatic heterocycles. The van der Waals surface area contributed by atoms with Crippen LogP contribution in [0.2, 0.25) is 5.02 Å². The largest absolute Gasteiger partial charge is 0.489 e. The highest BCUT2D eigenvalue weighted by molar-refractivity contribution is 6.32. The van der Waals surface area contributed by atoms with Crippen molar-refractivity contribution in [1.82, 2.24) is 14.9 Å². The van der Waals surface area contributed by atoms with Gasteiger partial charge in [0.2, 0.25) is 0 Å². The molecule has 0 aliphatic rings. The third-order valence-electron chi connectivity index (χ3n) is 5.93. The zero-order valence-corrected chi connectivity index (χ0v) is 22.1. The SMILES string of the molecule is CCC(O)c1nc(-c2ccc(CC(CCO)NC(=O)c3ccc(OC(C)C)c(Cl)c3)cc2)cn1CC. The summed E-state index contributed by atoms with van der Waals surface area (Å²) in [5.41, 5.74) is 3.23. The number of hydrogen-bond donors (Lipinski definition) is 3. The van der Waals surface area contributed by atoms with Crippen LogP contribution in [-0.4, -0.2) is 44.4 Å². The number of carbonyl (C=O) groups excluding carboxylic acids is 1. The summed E-state index contributed by atoms with van der Waals surface area (Å²) in [4.78, 5) is 17.5. The molecule has 0 saturated carbocycles. The highest BCUT2D eigenvalue weighted by Crippen LogP contribution is 2.27. The first-order valence-electron chi connectivity index (χ1n) is 12.5. The molecule has 2 atom stereocenters. The molecule has 1 aromatic heterocycles. The van der Waals surface area contributed by atoms with Crippen molar-refractivity contribution in [3.8, 4) is 17.0 Å². The molecule has 8 heteroatoms. The fourth-order valence-electron chi connectivity index (χ4n) is 4.01. The van der Waals surface area contributed by atoms with Crippen LogP contribution in [0.3, 0.4) is 0 Å². The number of aliphatic hydroxyl groups is 2. The van der Waals surface area contributed by atoms with Crippen LogP contribution in [0.5, 0.6) is 5.75 Å². The smallest absolute Gasteiger partial charge is 0.251 e. The topological polar surface area (TPSA) is 96.6 Å². The quantitative estimate of drug-likeness (QED) is 0.310. The van der Waals surface area contributed by atoms with Crippen LogP contribution in [0.15, 0.2) is 48.7 Å². The van der Waals surface area contributed by atoms with Gasteiger partial charge in [0.15, 0.2) is 0 Å². The van der Waals surface area contributed by atoms with E-state index in [9.17, 15) is 15.0 Å². The molecule has 7 nitrogen and oxygen atoms in total. The number of carbonyl (C=O) groups is 1. The van der Waals surface area contributed by atoms with Gasteiger partial charge in [0, 0.05) is 36.5 Å². The van der Waals surface area contributed by atoms with E-state index in [2.05, 4.69) is 10.3 Å². The molecule has 2 aromatic carbocycles. The first-order chi connectivity index (χ1) is 17.2. The third kappa shape index (κ3) is 7.09. The summed E-state index contributed by atoms with van der Waals surface area (Å²) in [5, 5.41) is 23.2. The van der Waals surface area contributed by atoms with Crippen LogP contribution in [0, 0.1) is 0 Å². The summed E-state index contributed by atoms with van der Waals surface area (Å²) in [6.45, 7) is 8.47. The van der Waals surface area contributed by atoms with Gasteiger partial charge in [-0.1, -0.05) is 42.8 Å². The molecular weight excluding hydrogens is 478 g/mol. The Morgan fingerprint density at radius 2 is 1.89 bits per heavy atom. The normalized spacial score (nSPS) is 13.0. The number of aliphatic hydroxyl groups excluding tert-OH is 2. The molecule has 0 spiro atoms. The molecule has 0 saturated heterocycles. The van der Waals surface area contributed by atoms with Gasteiger partial charge < -0.3 is 24.8 Å². The lowest BCUT2D eigenvalue weighted by atomic mass is 10.0. The van der Waals surface area contributed by atoms with Crippen LogP contribution >= 0.6 is 11.6 Å². The summed E-state index contributed by atoms with van der Waals surface area (Å²) in [6.07, 6.45) is 2.95. The van der Waals surface area contributed by atoms with E-state index in [4.69, 9.17) is 16.3 Å². The average Bonchev–Trinajstić information content (AvgIpc) is 3.29. The van der Waals surface area contributed by atoms with Gasteiger partial charge in [0.25, 0.3) is 5.91 Å². The molecule has 3 aromatic rings. The molecule has 1 amide bonds. The maximum Gasteiger partial charge on any atom is 0.251 e. The summed E-state index contributed by atoms with van der Waals surface area (Å²) < 4.78 is 7.61. The van der Waals surface area contributed by atoms with E-state index in [0.717, 1.165) is 23.4 Å². The van der Waals surface area contributed by atoms with Gasteiger partial charge in [-0.2, -0.15) is 0 Å². The average molecular weight is 514 g/mol. The minimum atomic E-state index is -0.588. The fraction of sp³-hybridized carbons (Fsp3) is 0.429. The molecule has 0 bridgehead atoms. The molecular formula is C28H36ClN3O4. The Morgan fingerprint density at radius 1 is 1.17 bits per heavy atom. The highest BCUT2D eigenvalue weighted by Gasteiger charge is 2.18. The zero-order chi connectivity index (χ0) is 26.2. The van der Waals surface area contributed by atoms with Gasteiger partial charge in [-0.3, -0.25) is 4.79 Å². The molecule has 36 heavy (non-hydrogen) atoms.